The lowest BCUT2D eigenvalue weighted by molar-refractivity contribution is 0.194. The van der Waals surface area contributed by atoms with Gasteiger partial charge in [-0.05, 0) is 0 Å². The Kier molecular flexibility index (Phi) is 31.9. The van der Waals surface area contributed by atoms with Crippen LogP contribution in [0.4, 0.5) is 0 Å². The first-order valence-corrected chi connectivity index (χ1v) is 2.14. The largest absolute Gasteiger partial charge is 0.317 e. The Balaban J connectivity index is -0.0000000400. The van der Waals surface area contributed by atoms with Gasteiger partial charge in [0, 0.05) is 8.47 Å². The molecule has 0 aromatic rings. The predicted molar refractivity (Wildman–Crippen MR) is 28.9 cm³/mol. The molecule has 2 heteroatoms. The van der Waals surface area contributed by atoms with Gasteiger partial charge in [0.2, 0.25) is 0 Å². The molecule has 0 amide bonds. The highest BCUT2D eigenvalue weighted by Crippen LogP contribution is 1.56. The van der Waals surface area contributed by atoms with Gasteiger partial charge in [-0.15, -0.1) is 0 Å². The van der Waals surface area contributed by atoms with Crippen molar-refractivity contribution in [1.82, 2.24) is 5.48 Å². The molecule has 0 saturated heterocycles. The smallest absolute Gasteiger partial charge is 0.00929 e. The highest BCUT2D eigenvalue weighted by molar-refractivity contribution is 3.92. The van der Waals surface area contributed by atoms with Gasteiger partial charge in [-0.25, -0.2) is 5.48 Å². The quantitative estimate of drug-likeness (QED) is 0.442. The first kappa shape index (κ1) is 9.33. The van der Waals surface area contributed by atoms with Crippen LogP contribution in [-0.4, -0.2) is 12.3 Å². The fraction of sp³-hybridized carbons (Fsp3) is 1.00. The van der Waals surface area contributed by atoms with Crippen LogP contribution in [0.1, 0.15) is 21.7 Å². The van der Waals surface area contributed by atoms with Crippen LogP contribution in [0.25, 0.3) is 0 Å². The van der Waals surface area contributed by atoms with Crippen molar-refractivity contribution in [2.75, 3.05) is 7.05 Å². The molecule has 0 aromatic carbocycles. The summed E-state index contributed by atoms with van der Waals surface area (Å²) < 4.78 is 0. The molecule has 0 heterocycles. The maximum atomic E-state index is 7.32. The molecule has 0 saturated carbocycles. The predicted octanol–water partition coefficient (Wildman–Crippen LogP) is 1.26. The van der Waals surface area contributed by atoms with Gasteiger partial charge in [-0.1, -0.05) is 20.3 Å². The molecule has 0 fully saturated rings. The summed E-state index contributed by atoms with van der Waals surface area (Å²) >= 11 is 0. The number of hydrogen-bond donors (Lipinski definition) is 2. The average molecular weight is 93.2 g/mol. The number of hydroxylamine groups is 1. The first-order chi connectivity index (χ1) is 2.83. The van der Waals surface area contributed by atoms with Gasteiger partial charge in [0.05, 0.1) is 0 Å². The van der Waals surface area contributed by atoms with Crippen molar-refractivity contribution in [2.24, 2.45) is 0 Å². The van der Waals surface area contributed by atoms with Crippen LogP contribution in [0.3, 0.4) is 0 Å². The van der Waals surface area contributed by atoms with Crippen LogP contribution in [0.5, 0.6) is 0 Å². The molecule has 6 heavy (non-hydrogen) atoms. The van der Waals surface area contributed by atoms with Gasteiger partial charge < -0.3 is 5.21 Å². The van der Waals surface area contributed by atoms with Crippen LogP contribution >= 0.6 is 0 Å². The second-order valence-corrected chi connectivity index (χ2v) is 0.931. The molecule has 0 unspecified atom stereocenters. The van der Waals surface area contributed by atoms with E-state index in [1.54, 1.807) is 5.48 Å². The van der Waals surface area contributed by atoms with Crippen LogP contribution in [0.2, 0.25) is 0 Å². The van der Waals surface area contributed by atoms with Gasteiger partial charge in [-0.2, -0.15) is 0 Å². The van der Waals surface area contributed by atoms with Gasteiger partial charge in [0.25, 0.3) is 0 Å². The highest BCUT2D eigenvalue weighted by atomic mass is 16.5. The van der Waals surface area contributed by atoms with Crippen molar-refractivity contribution >= 4 is 0 Å². The summed E-state index contributed by atoms with van der Waals surface area (Å²) in [6.45, 7) is 4.25. The van der Waals surface area contributed by atoms with E-state index in [4.69, 9.17) is 5.21 Å². The molecule has 0 aliphatic carbocycles. The maximum Gasteiger partial charge on any atom is 0.00929 e. The van der Waals surface area contributed by atoms with E-state index < -0.39 is 0 Å². The number of hydrogen-bond acceptors (Lipinski definition) is 2. The Labute approximate surface area is 40.6 Å². The van der Waals surface area contributed by atoms with E-state index in [0.29, 0.717) is 0 Å². The monoisotopic (exact) mass is 93.1 g/mol. The minimum Gasteiger partial charge on any atom is -0.317 e. The van der Waals surface area contributed by atoms with E-state index in [2.05, 4.69) is 13.8 Å². The molecule has 2 nitrogen and oxygen atoms in total. The lowest BCUT2D eigenvalue weighted by Gasteiger charge is -1.60. The van der Waals surface area contributed by atoms with Crippen molar-refractivity contribution in [2.45, 2.75) is 20.3 Å². The molecule has 0 rings (SSSR count). The first-order valence-electron chi connectivity index (χ1n) is 2.14. The third-order valence-electron chi connectivity index (χ3n) is 0. The van der Waals surface area contributed by atoms with E-state index in [1.165, 1.54) is 13.5 Å². The number of nitrogens with one attached hydrogen (secondary N) is 1. The second kappa shape index (κ2) is 20.5. The average Bonchev–Trinajstić information content (AvgIpc) is 1.39. The summed E-state index contributed by atoms with van der Waals surface area (Å²) in [4.78, 5) is 0. The second-order valence-electron chi connectivity index (χ2n) is 0.931. The Hall–Kier alpha value is -0.0800. The summed E-state index contributed by atoms with van der Waals surface area (Å²) in [5, 5.41) is 7.32. The Morgan fingerprint density at radius 1 is 1.67 bits per heavy atom. The molecule has 2 N–H and O–H groups in total. The van der Waals surface area contributed by atoms with Crippen LogP contribution in [0.15, 0.2) is 0 Å². The van der Waals surface area contributed by atoms with Crippen LogP contribution in [-0.2, 0) is 0 Å². The van der Waals surface area contributed by atoms with Gasteiger partial charge in [-0.3, -0.25) is 0 Å². The van der Waals surface area contributed by atoms with Crippen LogP contribution < -0.4 is 5.48 Å². The summed E-state index contributed by atoms with van der Waals surface area (Å²) in [7, 11) is 1.43. The standard InChI is InChI=1S/C3H8.CH5NO.H2/c1-3-2;1-2-3;/h3H2,1-2H3;2-3H,1H3;1H. The third kappa shape index (κ3) is 5220. The van der Waals surface area contributed by atoms with E-state index in [0.717, 1.165) is 0 Å². The number of rotatable bonds is 0. The Bertz CT molecular complexity index is 13.7. The van der Waals surface area contributed by atoms with Gasteiger partial charge in [0.1, 0.15) is 0 Å². The zero-order valence-corrected chi connectivity index (χ0v) is 4.65. The SMILES string of the molecule is CCC.CNO.[HH]. The summed E-state index contributed by atoms with van der Waals surface area (Å²) in [6, 6.07) is 0. The fourth-order valence-electron chi connectivity index (χ4n) is 0. The molecular formula is C4H15NO. The summed E-state index contributed by atoms with van der Waals surface area (Å²) in [5.41, 5.74) is 1.75. The van der Waals surface area contributed by atoms with E-state index in [1.807, 2.05) is 0 Å². The third-order valence-corrected chi connectivity index (χ3v) is 0. The van der Waals surface area contributed by atoms with Crippen molar-refractivity contribution in [3.8, 4) is 0 Å². The van der Waals surface area contributed by atoms with Crippen molar-refractivity contribution in [1.29, 1.82) is 0 Å². The summed E-state index contributed by atoms with van der Waals surface area (Å²) in [6.07, 6.45) is 1.25. The Morgan fingerprint density at radius 2 is 1.67 bits per heavy atom. The van der Waals surface area contributed by atoms with E-state index in [-0.39, 0.29) is 1.43 Å². The molecule has 0 spiro atoms. The zero-order chi connectivity index (χ0) is 5.41. The summed E-state index contributed by atoms with van der Waals surface area (Å²) in [5.74, 6) is 0. The van der Waals surface area contributed by atoms with Gasteiger partial charge in [0.15, 0.2) is 0 Å². The van der Waals surface area contributed by atoms with E-state index in [9.17, 15) is 0 Å². The molecule has 0 bridgehead atoms. The lowest BCUT2D eigenvalue weighted by Crippen LogP contribution is -1.91. The zero-order valence-electron chi connectivity index (χ0n) is 4.65. The van der Waals surface area contributed by atoms with Crippen molar-refractivity contribution in [3.63, 3.8) is 0 Å². The molecule has 0 aliphatic heterocycles. The Morgan fingerprint density at radius 3 is 1.67 bits per heavy atom. The maximum absolute atomic E-state index is 7.32. The van der Waals surface area contributed by atoms with E-state index >= 15 is 0 Å². The lowest BCUT2D eigenvalue weighted by atomic mass is 10.6. The normalized spacial score (nSPS) is 6.00. The molecular weight excluding hydrogens is 78.0 g/mol. The van der Waals surface area contributed by atoms with Crippen molar-refractivity contribution in [3.05, 3.63) is 0 Å². The minimum absolute atomic E-state index is 0. The van der Waals surface area contributed by atoms with Crippen molar-refractivity contribution < 1.29 is 6.63 Å². The molecule has 0 radical (unpaired) electrons. The molecule has 42 valence electrons. The minimum atomic E-state index is 0. The molecule has 0 atom stereocenters. The van der Waals surface area contributed by atoms with Gasteiger partial charge >= 0.3 is 0 Å². The van der Waals surface area contributed by atoms with Crippen LogP contribution in [0, 0.1) is 0 Å². The molecule has 0 aliphatic rings. The topological polar surface area (TPSA) is 32.3 Å². The molecule has 0 aromatic heterocycles. The highest BCUT2D eigenvalue weighted by Gasteiger charge is 1.35. The fourth-order valence-corrected chi connectivity index (χ4v) is 0.